The Morgan fingerprint density at radius 1 is 1.15 bits per heavy atom. The summed E-state index contributed by atoms with van der Waals surface area (Å²) >= 11 is 7.35. The molecule has 108 valence electrons. The average molecular weight is 306 g/mol. The first-order valence-corrected chi connectivity index (χ1v) is 8.81. The van der Waals surface area contributed by atoms with Gasteiger partial charge in [0.25, 0.3) is 0 Å². The molecule has 1 aromatic rings. The van der Waals surface area contributed by atoms with Crippen molar-refractivity contribution in [1.82, 2.24) is 4.90 Å². The van der Waals surface area contributed by atoms with Crippen LogP contribution in [0.1, 0.15) is 37.7 Å². The molecule has 0 aliphatic carbocycles. The summed E-state index contributed by atoms with van der Waals surface area (Å²) < 4.78 is 1.09. The number of piperidine rings is 1. The van der Waals surface area contributed by atoms with Crippen molar-refractivity contribution in [3.05, 3.63) is 42.5 Å². The third-order valence-corrected chi connectivity index (χ3v) is 5.25. The highest BCUT2D eigenvalue weighted by molar-refractivity contribution is 8.22. The standard InChI is InChI=1S/C17H23NS2/c1-15(16-10-4-2-5-11-16)9-8-14-20-17(19)18-12-6-3-7-13-18/h2,4-5,10-11H,1,3,6-9,12-14H2. The van der Waals surface area contributed by atoms with Crippen LogP contribution in [0.3, 0.4) is 0 Å². The summed E-state index contributed by atoms with van der Waals surface area (Å²) in [5.41, 5.74) is 2.49. The van der Waals surface area contributed by atoms with E-state index in [9.17, 15) is 0 Å². The molecule has 1 heterocycles. The monoisotopic (exact) mass is 305 g/mol. The lowest BCUT2D eigenvalue weighted by atomic mass is 10.0. The van der Waals surface area contributed by atoms with Crippen molar-refractivity contribution in [1.29, 1.82) is 0 Å². The molecule has 1 aliphatic rings. The maximum absolute atomic E-state index is 5.51. The minimum Gasteiger partial charge on any atom is -0.358 e. The number of rotatable bonds is 5. The quantitative estimate of drug-likeness (QED) is 0.557. The lowest BCUT2D eigenvalue weighted by molar-refractivity contribution is 0.352. The van der Waals surface area contributed by atoms with Crippen molar-refractivity contribution >= 4 is 33.9 Å². The molecule has 3 heteroatoms. The first-order chi connectivity index (χ1) is 9.77. The van der Waals surface area contributed by atoms with Crippen molar-refractivity contribution in [2.24, 2.45) is 0 Å². The molecule has 2 rings (SSSR count). The van der Waals surface area contributed by atoms with Crippen LogP contribution in [-0.4, -0.2) is 28.1 Å². The van der Waals surface area contributed by atoms with Crippen LogP contribution >= 0.6 is 24.0 Å². The molecule has 20 heavy (non-hydrogen) atoms. The molecular weight excluding hydrogens is 282 g/mol. The van der Waals surface area contributed by atoms with E-state index in [1.54, 1.807) is 0 Å². The van der Waals surface area contributed by atoms with Crippen molar-refractivity contribution in [3.63, 3.8) is 0 Å². The number of nitrogens with zero attached hydrogens (tertiary/aromatic N) is 1. The number of hydrogen-bond donors (Lipinski definition) is 0. The maximum atomic E-state index is 5.51. The van der Waals surface area contributed by atoms with Gasteiger partial charge in [0.15, 0.2) is 0 Å². The predicted octanol–water partition coefficient (Wildman–Crippen LogP) is 4.98. The first kappa shape index (κ1) is 15.6. The Hall–Kier alpha value is -0.800. The molecule has 0 aromatic heterocycles. The molecule has 1 nitrogen and oxygen atoms in total. The van der Waals surface area contributed by atoms with Crippen LogP contribution in [0, 0.1) is 0 Å². The van der Waals surface area contributed by atoms with Crippen LogP contribution in [0.4, 0.5) is 0 Å². The van der Waals surface area contributed by atoms with E-state index in [2.05, 4.69) is 35.7 Å². The molecule has 0 saturated carbocycles. The van der Waals surface area contributed by atoms with Gasteiger partial charge in [0, 0.05) is 18.8 Å². The Labute approximate surface area is 132 Å². The fraction of sp³-hybridized carbons (Fsp3) is 0.471. The van der Waals surface area contributed by atoms with E-state index in [1.165, 1.54) is 30.4 Å². The van der Waals surface area contributed by atoms with Gasteiger partial charge >= 0.3 is 0 Å². The molecule has 0 spiro atoms. The van der Waals surface area contributed by atoms with Gasteiger partial charge < -0.3 is 4.90 Å². The van der Waals surface area contributed by atoms with Crippen LogP contribution in [0.15, 0.2) is 36.9 Å². The number of likely N-dealkylation sites (tertiary alicyclic amines) is 1. The highest BCUT2D eigenvalue weighted by Crippen LogP contribution is 2.21. The SMILES string of the molecule is C=C(CCCSC(=S)N1CCCCC1)c1ccccc1. The lowest BCUT2D eigenvalue weighted by Gasteiger charge is -2.28. The molecule has 1 aliphatic heterocycles. The van der Waals surface area contributed by atoms with Gasteiger partial charge in [-0.25, -0.2) is 0 Å². The third kappa shape index (κ3) is 4.95. The van der Waals surface area contributed by atoms with Gasteiger partial charge in [-0.05, 0) is 43.2 Å². The van der Waals surface area contributed by atoms with Gasteiger partial charge in [-0.3, -0.25) is 0 Å². The van der Waals surface area contributed by atoms with Crippen molar-refractivity contribution in [2.75, 3.05) is 18.8 Å². The van der Waals surface area contributed by atoms with Crippen LogP contribution in [0.5, 0.6) is 0 Å². The second kappa shape index (κ2) is 8.48. The van der Waals surface area contributed by atoms with E-state index >= 15 is 0 Å². The second-order valence-corrected chi connectivity index (χ2v) is 6.96. The van der Waals surface area contributed by atoms with Crippen molar-refractivity contribution in [2.45, 2.75) is 32.1 Å². The van der Waals surface area contributed by atoms with Crippen LogP contribution in [0.25, 0.3) is 5.57 Å². The number of thioether (sulfide) groups is 1. The van der Waals surface area contributed by atoms with Crippen LogP contribution < -0.4 is 0 Å². The summed E-state index contributed by atoms with van der Waals surface area (Å²) in [6.07, 6.45) is 6.16. The molecule has 0 radical (unpaired) electrons. The predicted molar refractivity (Wildman–Crippen MR) is 95.2 cm³/mol. The molecule has 0 amide bonds. The Morgan fingerprint density at radius 2 is 1.85 bits per heavy atom. The minimum atomic E-state index is 1.06. The fourth-order valence-electron chi connectivity index (χ4n) is 2.43. The van der Waals surface area contributed by atoms with E-state index in [0.717, 1.165) is 36.0 Å². The summed E-state index contributed by atoms with van der Waals surface area (Å²) in [4.78, 5) is 2.37. The number of allylic oxidation sites excluding steroid dienone is 1. The summed E-state index contributed by atoms with van der Waals surface area (Å²) in [7, 11) is 0. The molecule has 0 bridgehead atoms. The highest BCUT2D eigenvalue weighted by atomic mass is 32.2. The van der Waals surface area contributed by atoms with Crippen molar-refractivity contribution in [3.8, 4) is 0 Å². The topological polar surface area (TPSA) is 3.24 Å². The van der Waals surface area contributed by atoms with Crippen LogP contribution in [-0.2, 0) is 0 Å². The molecule has 1 aromatic carbocycles. The third-order valence-electron chi connectivity index (χ3n) is 3.64. The second-order valence-electron chi connectivity index (χ2n) is 5.24. The summed E-state index contributed by atoms with van der Waals surface area (Å²) in [6, 6.07) is 10.5. The van der Waals surface area contributed by atoms with E-state index in [1.807, 2.05) is 17.8 Å². The van der Waals surface area contributed by atoms with Gasteiger partial charge in [-0.1, -0.05) is 60.9 Å². The van der Waals surface area contributed by atoms with Crippen molar-refractivity contribution < 1.29 is 0 Å². The van der Waals surface area contributed by atoms with E-state index in [0.29, 0.717) is 0 Å². The summed E-state index contributed by atoms with van der Waals surface area (Å²) in [5.74, 6) is 1.10. The smallest absolute Gasteiger partial charge is 0.136 e. The fourth-order valence-corrected chi connectivity index (χ4v) is 3.69. The lowest BCUT2D eigenvalue weighted by Crippen LogP contribution is -2.32. The Bertz CT molecular complexity index is 436. The zero-order valence-corrected chi connectivity index (χ0v) is 13.6. The molecule has 0 atom stereocenters. The zero-order valence-electron chi connectivity index (χ0n) is 12.0. The Balaban J connectivity index is 1.64. The first-order valence-electron chi connectivity index (χ1n) is 7.42. The number of thiocarbonyl (C=S) groups is 1. The van der Waals surface area contributed by atoms with Gasteiger partial charge in [0.1, 0.15) is 4.32 Å². The van der Waals surface area contributed by atoms with Gasteiger partial charge in [-0.15, -0.1) is 0 Å². The highest BCUT2D eigenvalue weighted by Gasteiger charge is 2.13. The number of benzene rings is 1. The van der Waals surface area contributed by atoms with Gasteiger partial charge in [0.05, 0.1) is 0 Å². The Kier molecular flexibility index (Phi) is 6.61. The van der Waals surface area contributed by atoms with E-state index in [-0.39, 0.29) is 0 Å². The zero-order chi connectivity index (χ0) is 14.2. The normalized spacial score (nSPS) is 15.1. The van der Waals surface area contributed by atoms with Crippen LogP contribution in [0.2, 0.25) is 0 Å². The van der Waals surface area contributed by atoms with Gasteiger partial charge in [0.2, 0.25) is 0 Å². The number of hydrogen-bond acceptors (Lipinski definition) is 2. The summed E-state index contributed by atoms with van der Waals surface area (Å²) in [6.45, 7) is 6.49. The van der Waals surface area contributed by atoms with E-state index < -0.39 is 0 Å². The van der Waals surface area contributed by atoms with E-state index in [4.69, 9.17) is 12.2 Å². The molecule has 1 fully saturated rings. The Morgan fingerprint density at radius 3 is 2.55 bits per heavy atom. The average Bonchev–Trinajstić information content (AvgIpc) is 2.53. The minimum absolute atomic E-state index is 1.06. The maximum Gasteiger partial charge on any atom is 0.136 e. The largest absolute Gasteiger partial charge is 0.358 e. The molecular formula is C17H23NS2. The molecule has 1 saturated heterocycles. The van der Waals surface area contributed by atoms with Gasteiger partial charge in [-0.2, -0.15) is 0 Å². The molecule has 0 unspecified atom stereocenters. The molecule has 0 N–H and O–H groups in total. The summed E-state index contributed by atoms with van der Waals surface area (Å²) in [5, 5.41) is 0.